The number of rotatable bonds is 7. The molecule has 4 N–H and O–H groups in total. The van der Waals surface area contributed by atoms with Crippen LogP contribution >= 0.6 is 0 Å². The molecule has 1 unspecified atom stereocenters. The van der Waals surface area contributed by atoms with Crippen LogP contribution in [0.15, 0.2) is 0 Å². The number of nitrogens with one attached hydrogen (secondary N) is 2. The minimum Gasteiger partial charge on any atom is -0.394 e. The van der Waals surface area contributed by atoms with Crippen LogP contribution in [0, 0.1) is 0 Å². The van der Waals surface area contributed by atoms with Crippen LogP contribution in [-0.2, 0) is 4.79 Å². The lowest BCUT2D eigenvalue weighted by atomic mass is 10.3. The molecule has 0 bridgehead atoms. The van der Waals surface area contributed by atoms with E-state index in [-0.39, 0.29) is 25.1 Å². The highest BCUT2D eigenvalue weighted by atomic mass is 16.3. The Balaban J connectivity index is 3.61. The average molecular weight is 204 g/mol. The number of hydrogen-bond acceptors (Lipinski definition) is 4. The van der Waals surface area contributed by atoms with E-state index in [0.717, 1.165) is 6.42 Å². The standard InChI is InChI=1S/C9H20N2O3/c1-3-4-10-9(14)7(2)11-5-8(13)6-12/h7-8,11-13H,3-6H2,1-2H3,(H,10,14)/t7?,8-/m0/s1. The molecule has 0 aliphatic carbocycles. The minimum absolute atomic E-state index is 0.0861. The van der Waals surface area contributed by atoms with Gasteiger partial charge in [0.25, 0.3) is 0 Å². The van der Waals surface area contributed by atoms with Crippen LogP contribution in [0.4, 0.5) is 0 Å². The summed E-state index contributed by atoms with van der Waals surface area (Å²) in [5.41, 5.74) is 0. The molecule has 0 radical (unpaired) electrons. The van der Waals surface area contributed by atoms with Gasteiger partial charge in [0.2, 0.25) is 5.91 Å². The van der Waals surface area contributed by atoms with Crippen LogP contribution < -0.4 is 10.6 Å². The van der Waals surface area contributed by atoms with Gasteiger partial charge in [-0.15, -0.1) is 0 Å². The maximum Gasteiger partial charge on any atom is 0.236 e. The molecule has 84 valence electrons. The molecule has 1 amide bonds. The van der Waals surface area contributed by atoms with Crippen molar-refractivity contribution in [2.75, 3.05) is 19.7 Å². The Kier molecular flexibility index (Phi) is 7.37. The highest BCUT2D eigenvalue weighted by molar-refractivity contribution is 5.81. The van der Waals surface area contributed by atoms with Gasteiger partial charge in [-0.05, 0) is 13.3 Å². The monoisotopic (exact) mass is 204 g/mol. The van der Waals surface area contributed by atoms with Crippen molar-refractivity contribution in [1.82, 2.24) is 10.6 Å². The van der Waals surface area contributed by atoms with Crippen LogP contribution in [-0.4, -0.2) is 48.0 Å². The van der Waals surface area contributed by atoms with Crippen molar-refractivity contribution in [2.45, 2.75) is 32.4 Å². The maximum absolute atomic E-state index is 11.3. The molecular weight excluding hydrogens is 184 g/mol. The van der Waals surface area contributed by atoms with Crippen molar-refractivity contribution in [3.63, 3.8) is 0 Å². The van der Waals surface area contributed by atoms with Gasteiger partial charge in [-0.2, -0.15) is 0 Å². The summed E-state index contributed by atoms with van der Waals surface area (Å²) in [7, 11) is 0. The molecule has 0 aromatic rings. The lowest BCUT2D eigenvalue weighted by molar-refractivity contribution is -0.122. The van der Waals surface area contributed by atoms with E-state index in [1.54, 1.807) is 6.92 Å². The molecule has 0 fully saturated rings. The molecule has 0 aromatic carbocycles. The fourth-order valence-corrected chi connectivity index (χ4v) is 0.871. The Morgan fingerprint density at radius 1 is 1.50 bits per heavy atom. The third-order valence-corrected chi connectivity index (χ3v) is 1.81. The van der Waals surface area contributed by atoms with E-state index in [1.165, 1.54) is 0 Å². The van der Waals surface area contributed by atoms with Crippen molar-refractivity contribution in [1.29, 1.82) is 0 Å². The normalized spacial score (nSPS) is 14.9. The number of aliphatic hydroxyl groups excluding tert-OH is 2. The molecular formula is C9H20N2O3. The molecule has 0 aromatic heterocycles. The first kappa shape index (κ1) is 13.4. The predicted molar refractivity (Wildman–Crippen MR) is 53.9 cm³/mol. The van der Waals surface area contributed by atoms with Crippen molar-refractivity contribution in [2.24, 2.45) is 0 Å². The minimum atomic E-state index is -0.809. The summed E-state index contributed by atoms with van der Waals surface area (Å²) in [6.07, 6.45) is 0.0917. The van der Waals surface area contributed by atoms with Gasteiger partial charge in [0.05, 0.1) is 18.8 Å². The number of carbonyl (C=O) groups excluding carboxylic acids is 1. The van der Waals surface area contributed by atoms with E-state index in [4.69, 9.17) is 10.2 Å². The first-order chi connectivity index (χ1) is 6.61. The Bertz CT molecular complexity index is 164. The zero-order valence-corrected chi connectivity index (χ0v) is 8.79. The number of amides is 1. The second kappa shape index (κ2) is 7.73. The molecule has 0 rings (SSSR count). The van der Waals surface area contributed by atoms with Gasteiger partial charge in [-0.1, -0.05) is 6.92 Å². The summed E-state index contributed by atoms with van der Waals surface area (Å²) >= 11 is 0. The molecule has 0 spiro atoms. The SMILES string of the molecule is CCCNC(=O)C(C)NC[C@H](O)CO. The van der Waals surface area contributed by atoms with Gasteiger partial charge in [0.1, 0.15) is 0 Å². The lowest BCUT2D eigenvalue weighted by Crippen LogP contribution is -2.45. The quantitative estimate of drug-likeness (QED) is 0.422. The highest BCUT2D eigenvalue weighted by Crippen LogP contribution is 1.85. The maximum atomic E-state index is 11.3. The molecule has 5 heteroatoms. The molecule has 14 heavy (non-hydrogen) atoms. The third-order valence-electron chi connectivity index (χ3n) is 1.81. The summed E-state index contributed by atoms with van der Waals surface area (Å²) in [6, 6.07) is -0.345. The van der Waals surface area contributed by atoms with Crippen LogP contribution in [0.1, 0.15) is 20.3 Å². The highest BCUT2D eigenvalue weighted by Gasteiger charge is 2.12. The molecule has 0 saturated carbocycles. The molecule has 5 nitrogen and oxygen atoms in total. The average Bonchev–Trinajstić information content (AvgIpc) is 2.21. The summed E-state index contributed by atoms with van der Waals surface area (Å²) in [5.74, 6) is -0.0861. The van der Waals surface area contributed by atoms with Gasteiger partial charge in [-0.25, -0.2) is 0 Å². The van der Waals surface area contributed by atoms with Gasteiger partial charge in [0.15, 0.2) is 0 Å². The van der Waals surface area contributed by atoms with Crippen molar-refractivity contribution >= 4 is 5.91 Å². The third kappa shape index (κ3) is 5.90. The van der Waals surface area contributed by atoms with Gasteiger partial charge >= 0.3 is 0 Å². The Hall–Kier alpha value is -0.650. The van der Waals surface area contributed by atoms with Crippen LogP contribution in [0.5, 0.6) is 0 Å². The number of aliphatic hydroxyl groups is 2. The Morgan fingerprint density at radius 3 is 2.64 bits per heavy atom. The summed E-state index contributed by atoms with van der Waals surface area (Å²) in [4.78, 5) is 11.3. The van der Waals surface area contributed by atoms with E-state index < -0.39 is 6.10 Å². The smallest absolute Gasteiger partial charge is 0.236 e. The van der Waals surface area contributed by atoms with Gasteiger partial charge in [0, 0.05) is 13.1 Å². The summed E-state index contributed by atoms with van der Waals surface area (Å²) in [5, 5.41) is 23.1. The Morgan fingerprint density at radius 2 is 2.14 bits per heavy atom. The fourth-order valence-electron chi connectivity index (χ4n) is 0.871. The molecule has 0 saturated heterocycles. The van der Waals surface area contributed by atoms with Crippen molar-refractivity contribution < 1.29 is 15.0 Å². The first-order valence-corrected chi connectivity index (χ1v) is 4.91. The first-order valence-electron chi connectivity index (χ1n) is 4.91. The summed E-state index contributed by atoms with van der Waals surface area (Å²) < 4.78 is 0. The second-order valence-corrected chi connectivity index (χ2v) is 3.26. The Labute approximate surface area is 84.5 Å². The van der Waals surface area contributed by atoms with Crippen molar-refractivity contribution in [3.8, 4) is 0 Å². The van der Waals surface area contributed by atoms with Crippen molar-refractivity contribution in [3.05, 3.63) is 0 Å². The zero-order valence-electron chi connectivity index (χ0n) is 8.79. The van der Waals surface area contributed by atoms with E-state index in [0.29, 0.717) is 6.54 Å². The fraction of sp³-hybridized carbons (Fsp3) is 0.889. The number of hydrogen-bond donors (Lipinski definition) is 4. The lowest BCUT2D eigenvalue weighted by Gasteiger charge is -2.15. The number of carbonyl (C=O) groups is 1. The van der Waals surface area contributed by atoms with E-state index in [9.17, 15) is 4.79 Å². The second-order valence-electron chi connectivity index (χ2n) is 3.26. The molecule has 2 atom stereocenters. The van der Waals surface area contributed by atoms with E-state index >= 15 is 0 Å². The van der Waals surface area contributed by atoms with Gasteiger partial charge < -0.3 is 20.8 Å². The van der Waals surface area contributed by atoms with E-state index in [1.807, 2.05) is 6.92 Å². The molecule has 0 aliphatic rings. The van der Waals surface area contributed by atoms with Crippen LogP contribution in [0.2, 0.25) is 0 Å². The van der Waals surface area contributed by atoms with Crippen LogP contribution in [0.25, 0.3) is 0 Å². The topological polar surface area (TPSA) is 81.6 Å². The van der Waals surface area contributed by atoms with Crippen LogP contribution in [0.3, 0.4) is 0 Å². The van der Waals surface area contributed by atoms with Gasteiger partial charge in [-0.3, -0.25) is 4.79 Å². The predicted octanol–water partition coefficient (Wildman–Crippen LogP) is -1.16. The largest absolute Gasteiger partial charge is 0.394 e. The summed E-state index contributed by atoms with van der Waals surface area (Å²) in [6.45, 7) is 4.28. The molecule has 0 aliphatic heterocycles. The van der Waals surface area contributed by atoms with E-state index in [2.05, 4.69) is 10.6 Å². The molecule has 0 heterocycles. The zero-order chi connectivity index (χ0) is 11.0.